The summed E-state index contributed by atoms with van der Waals surface area (Å²) in [5, 5.41) is 7.37. The molecule has 1 amide bonds. The third kappa shape index (κ3) is 3.97. The van der Waals surface area contributed by atoms with E-state index < -0.39 is 11.4 Å². The van der Waals surface area contributed by atoms with E-state index in [9.17, 15) is 9.59 Å². The maximum Gasteiger partial charge on any atom is 0.291 e. The number of amides is 1. The second kappa shape index (κ2) is 6.05. The monoisotopic (exact) mass is 312 g/mol. The number of nitrogens with zero attached hydrogens (tertiary/aromatic N) is 2. The van der Waals surface area contributed by atoms with Crippen molar-refractivity contribution in [1.82, 2.24) is 9.78 Å². The van der Waals surface area contributed by atoms with Crippen molar-refractivity contribution in [2.75, 3.05) is 5.32 Å². The molecule has 1 heterocycles. The zero-order valence-corrected chi connectivity index (χ0v) is 13.1. The second-order valence-corrected chi connectivity index (χ2v) is 6.71. The van der Waals surface area contributed by atoms with Crippen LogP contribution in [0.4, 0.5) is 5.69 Å². The lowest BCUT2D eigenvalue weighted by molar-refractivity contribution is -0.118. The van der Waals surface area contributed by atoms with Gasteiger partial charge in [-0.1, -0.05) is 18.0 Å². The summed E-state index contributed by atoms with van der Waals surface area (Å²) in [6.45, 7) is 4.20. The number of nitrogens with one attached hydrogen (secondary N) is 1. The minimum atomic E-state index is -0.649. The topological polar surface area (TPSA) is 90.0 Å². The fourth-order valence-corrected chi connectivity index (χ4v) is 2.62. The highest BCUT2D eigenvalue weighted by molar-refractivity contribution is 6.33. The van der Waals surface area contributed by atoms with Crippen molar-refractivity contribution >= 4 is 23.2 Å². The summed E-state index contributed by atoms with van der Waals surface area (Å²) in [5.41, 5.74) is 4.59. The Balaban J connectivity index is 2.23. The minimum absolute atomic E-state index is 0.105. The molecule has 0 bridgehead atoms. The van der Waals surface area contributed by atoms with Gasteiger partial charge in [-0.2, -0.15) is 5.10 Å². The number of halogens is 1. The van der Waals surface area contributed by atoms with Gasteiger partial charge >= 0.3 is 0 Å². The van der Waals surface area contributed by atoms with Gasteiger partial charge in [-0.3, -0.25) is 9.59 Å². The summed E-state index contributed by atoms with van der Waals surface area (Å²) in [5.74, 6) is 0.0790. The first kappa shape index (κ1) is 15.8. The first-order chi connectivity index (χ1) is 9.78. The van der Waals surface area contributed by atoms with E-state index in [4.69, 9.17) is 17.3 Å². The molecule has 0 saturated heterocycles. The molecule has 1 aliphatic carbocycles. The lowest BCUT2D eigenvalue weighted by Gasteiger charge is -2.28. The van der Waals surface area contributed by atoms with E-state index >= 15 is 0 Å². The summed E-state index contributed by atoms with van der Waals surface area (Å²) >= 11 is 6.07. The first-order valence-corrected chi connectivity index (χ1v) is 7.48. The van der Waals surface area contributed by atoms with E-state index in [0.717, 1.165) is 12.8 Å². The van der Waals surface area contributed by atoms with Crippen LogP contribution < -0.4 is 16.6 Å². The highest BCUT2D eigenvalue weighted by Crippen LogP contribution is 2.28. The van der Waals surface area contributed by atoms with Gasteiger partial charge in [0.2, 0.25) is 5.91 Å². The van der Waals surface area contributed by atoms with Gasteiger partial charge in [-0.05, 0) is 32.6 Å². The largest absolute Gasteiger partial charge is 0.374 e. The van der Waals surface area contributed by atoms with Crippen LogP contribution in [-0.2, 0) is 11.3 Å². The van der Waals surface area contributed by atoms with Crippen molar-refractivity contribution in [1.29, 1.82) is 0 Å². The second-order valence-electron chi connectivity index (χ2n) is 6.30. The van der Waals surface area contributed by atoms with Crippen molar-refractivity contribution in [2.24, 2.45) is 11.7 Å². The lowest BCUT2D eigenvalue weighted by Crippen LogP contribution is -2.39. The maximum atomic E-state index is 12.5. The molecule has 0 spiro atoms. The molecule has 2 rings (SSSR count). The predicted molar refractivity (Wildman–Crippen MR) is 82.4 cm³/mol. The highest BCUT2D eigenvalue weighted by Gasteiger charge is 2.25. The molecule has 0 aromatic carbocycles. The van der Waals surface area contributed by atoms with Crippen LogP contribution >= 0.6 is 11.6 Å². The van der Waals surface area contributed by atoms with E-state index in [0.29, 0.717) is 12.5 Å². The van der Waals surface area contributed by atoms with Crippen molar-refractivity contribution in [2.45, 2.75) is 51.6 Å². The Hall–Kier alpha value is -1.56. The van der Waals surface area contributed by atoms with Crippen LogP contribution in [0, 0.1) is 5.92 Å². The molecule has 1 aromatic rings. The molecule has 7 heteroatoms. The number of nitrogens with two attached hydrogens (primary N) is 1. The van der Waals surface area contributed by atoms with E-state index in [-0.39, 0.29) is 22.7 Å². The van der Waals surface area contributed by atoms with Crippen LogP contribution in [0.2, 0.25) is 5.02 Å². The highest BCUT2D eigenvalue weighted by atomic mass is 35.5. The molecule has 0 radical (unpaired) electrons. The van der Waals surface area contributed by atoms with Crippen LogP contribution in [-0.4, -0.2) is 21.2 Å². The van der Waals surface area contributed by atoms with Crippen LogP contribution in [0.5, 0.6) is 0 Å². The normalized spacial score (nSPS) is 15.6. The molecule has 1 aliphatic rings. The van der Waals surface area contributed by atoms with Crippen LogP contribution in [0.3, 0.4) is 0 Å². The zero-order chi connectivity index (χ0) is 15.6. The van der Waals surface area contributed by atoms with Gasteiger partial charge in [0.25, 0.3) is 5.56 Å². The third-order valence-electron chi connectivity index (χ3n) is 3.73. The number of primary amides is 1. The Bertz CT molecular complexity index is 593. The Labute approximate surface area is 128 Å². The Kier molecular flexibility index (Phi) is 4.56. The van der Waals surface area contributed by atoms with E-state index in [1.807, 2.05) is 0 Å². The van der Waals surface area contributed by atoms with Crippen LogP contribution in [0.1, 0.15) is 39.5 Å². The Morgan fingerprint density at radius 1 is 1.57 bits per heavy atom. The average Bonchev–Trinajstić information content (AvgIpc) is 2.29. The van der Waals surface area contributed by atoms with Gasteiger partial charge in [-0.15, -0.1) is 0 Å². The summed E-state index contributed by atoms with van der Waals surface area (Å²) in [7, 11) is 0. The molecule has 0 aliphatic heterocycles. The van der Waals surface area contributed by atoms with Gasteiger partial charge in [-0.25, -0.2) is 4.68 Å². The molecule has 21 heavy (non-hydrogen) atoms. The summed E-state index contributed by atoms with van der Waals surface area (Å²) in [4.78, 5) is 23.6. The van der Waals surface area contributed by atoms with Gasteiger partial charge in [0, 0.05) is 18.5 Å². The zero-order valence-electron chi connectivity index (χ0n) is 12.4. The van der Waals surface area contributed by atoms with Crippen molar-refractivity contribution < 1.29 is 4.79 Å². The molecule has 0 atom stereocenters. The summed E-state index contributed by atoms with van der Waals surface area (Å²) < 4.78 is 1.44. The van der Waals surface area contributed by atoms with Crippen LogP contribution in [0.15, 0.2) is 11.0 Å². The smallest absolute Gasteiger partial charge is 0.291 e. The standard InChI is InChI=1S/C14H21ClN4O2/c1-14(2,6-11(16)20)18-12-10(15)7-17-19(13(12)21)8-9-4-3-5-9/h7,9,18H,3-6,8H2,1-2H3,(H2,16,20). The number of aromatic nitrogens is 2. The fraction of sp³-hybridized carbons (Fsp3) is 0.643. The summed E-state index contributed by atoms with van der Waals surface area (Å²) in [6, 6.07) is 0. The molecule has 1 saturated carbocycles. The van der Waals surface area contributed by atoms with Crippen molar-refractivity contribution in [3.05, 3.63) is 21.6 Å². The van der Waals surface area contributed by atoms with E-state index in [2.05, 4.69) is 10.4 Å². The van der Waals surface area contributed by atoms with E-state index in [1.165, 1.54) is 17.3 Å². The third-order valence-corrected chi connectivity index (χ3v) is 4.02. The molecule has 3 N–H and O–H groups in total. The van der Waals surface area contributed by atoms with Crippen molar-refractivity contribution in [3.8, 4) is 0 Å². The number of hydrogen-bond donors (Lipinski definition) is 2. The number of carbonyl (C=O) groups is 1. The summed E-state index contributed by atoms with van der Waals surface area (Å²) in [6.07, 6.45) is 5.04. The predicted octanol–water partition coefficient (Wildman–Crippen LogP) is 1.76. The number of anilines is 1. The molecule has 0 unspecified atom stereocenters. The molecular weight excluding hydrogens is 292 g/mol. The van der Waals surface area contributed by atoms with Gasteiger partial charge in [0.05, 0.1) is 11.2 Å². The van der Waals surface area contributed by atoms with Crippen LogP contribution in [0.25, 0.3) is 0 Å². The number of rotatable bonds is 6. The molecule has 116 valence electrons. The van der Waals surface area contributed by atoms with Gasteiger partial charge in [0.1, 0.15) is 5.69 Å². The minimum Gasteiger partial charge on any atom is -0.374 e. The maximum absolute atomic E-state index is 12.5. The first-order valence-electron chi connectivity index (χ1n) is 7.10. The average molecular weight is 313 g/mol. The Morgan fingerprint density at radius 2 is 2.24 bits per heavy atom. The van der Waals surface area contributed by atoms with Gasteiger partial charge in [0.15, 0.2) is 0 Å². The molecule has 1 fully saturated rings. The van der Waals surface area contributed by atoms with E-state index in [1.54, 1.807) is 13.8 Å². The SMILES string of the molecule is CC(C)(CC(N)=O)Nc1c(Cl)cnn(CC2CCC2)c1=O. The number of hydrogen-bond acceptors (Lipinski definition) is 4. The quantitative estimate of drug-likeness (QED) is 0.837. The molecular formula is C14H21ClN4O2. The van der Waals surface area contributed by atoms with Gasteiger partial charge < -0.3 is 11.1 Å². The fourth-order valence-electron chi connectivity index (χ4n) is 2.45. The van der Waals surface area contributed by atoms with Crippen molar-refractivity contribution in [3.63, 3.8) is 0 Å². The lowest BCUT2D eigenvalue weighted by atomic mass is 9.85. The molecule has 6 nitrogen and oxygen atoms in total. The Morgan fingerprint density at radius 3 is 2.76 bits per heavy atom. The number of carbonyl (C=O) groups excluding carboxylic acids is 1. The molecule has 1 aromatic heterocycles.